The highest BCUT2D eigenvalue weighted by atomic mass is 16.5. The molecule has 1 aromatic heterocycles. The lowest BCUT2D eigenvalue weighted by atomic mass is 9.92. The molecule has 9 nitrogen and oxygen atoms in total. The molecule has 9 heteroatoms. The Morgan fingerprint density at radius 3 is 2.67 bits per heavy atom. The van der Waals surface area contributed by atoms with Crippen LogP contribution in [0.25, 0.3) is 10.8 Å². The summed E-state index contributed by atoms with van der Waals surface area (Å²) in [5.41, 5.74) is 2.97. The molecular weight excluding hydrogens is 542 g/mol. The highest BCUT2D eigenvalue weighted by Crippen LogP contribution is 2.27. The molecule has 1 aliphatic heterocycles. The molecule has 2 aromatic carbocycles. The van der Waals surface area contributed by atoms with E-state index in [0.717, 1.165) is 66.0 Å². The number of piperidine rings is 1. The summed E-state index contributed by atoms with van der Waals surface area (Å²) in [6.45, 7) is 16.6. The monoisotopic (exact) mass is 587 g/mol. The second kappa shape index (κ2) is 14.9. The predicted octanol–water partition coefficient (Wildman–Crippen LogP) is 6.40. The van der Waals surface area contributed by atoms with E-state index in [0.29, 0.717) is 38.2 Å². The minimum atomic E-state index is -0.208. The summed E-state index contributed by atoms with van der Waals surface area (Å²) in [6.07, 6.45) is 6.54. The van der Waals surface area contributed by atoms with Crippen LogP contribution in [0.1, 0.15) is 65.3 Å². The molecule has 1 unspecified atom stereocenters. The van der Waals surface area contributed by atoms with Crippen molar-refractivity contribution < 1.29 is 14.3 Å². The maximum atomic E-state index is 13.4. The highest BCUT2D eigenvalue weighted by Gasteiger charge is 2.24. The molecule has 2 heterocycles. The van der Waals surface area contributed by atoms with Crippen LogP contribution in [0.3, 0.4) is 0 Å². The summed E-state index contributed by atoms with van der Waals surface area (Å²) in [4.78, 5) is 25.6. The van der Waals surface area contributed by atoms with E-state index >= 15 is 0 Å². The van der Waals surface area contributed by atoms with Gasteiger partial charge in [-0.3, -0.25) is 9.59 Å². The van der Waals surface area contributed by atoms with E-state index in [2.05, 4.69) is 34.2 Å². The lowest BCUT2D eigenvalue weighted by Crippen LogP contribution is -2.35. The Bertz CT molecular complexity index is 1490. The van der Waals surface area contributed by atoms with Gasteiger partial charge in [-0.05, 0) is 55.7 Å². The third-order valence-electron chi connectivity index (χ3n) is 7.17. The number of nitrogens with zero attached hydrogens (tertiary/aromatic N) is 2. The zero-order valence-electron chi connectivity index (χ0n) is 25.7. The molecule has 1 aliphatic rings. The fraction of sp³-hybridized carbons (Fsp3) is 0.441. The quantitative estimate of drug-likeness (QED) is 0.187. The number of aromatic nitrogens is 2. The maximum Gasteiger partial charge on any atom is 0.277 e. The highest BCUT2D eigenvalue weighted by molar-refractivity contribution is 5.92. The van der Waals surface area contributed by atoms with Gasteiger partial charge in [0.05, 0.1) is 30.8 Å². The first-order valence-electron chi connectivity index (χ1n) is 15.1. The number of carbonyl (C=O) groups excluding carboxylic acids is 1. The third-order valence-corrected chi connectivity index (χ3v) is 7.17. The van der Waals surface area contributed by atoms with Crippen LogP contribution >= 0.6 is 0 Å². The molecular formula is C34H45N5O4. The van der Waals surface area contributed by atoms with Gasteiger partial charge < -0.3 is 25.4 Å². The van der Waals surface area contributed by atoms with Crippen molar-refractivity contribution in [1.82, 2.24) is 15.1 Å². The van der Waals surface area contributed by atoms with E-state index in [9.17, 15) is 9.59 Å². The summed E-state index contributed by atoms with van der Waals surface area (Å²) < 4.78 is 13.2. The van der Waals surface area contributed by atoms with Crippen LogP contribution in [-0.4, -0.2) is 42.1 Å². The van der Waals surface area contributed by atoms with Crippen molar-refractivity contribution >= 4 is 28.1 Å². The Kier molecular flexibility index (Phi) is 11.0. The van der Waals surface area contributed by atoms with Crippen molar-refractivity contribution in [3.05, 3.63) is 83.6 Å². The lowest BCUT2D eigenvalue weighted by Gasteiger charge is -2.28. The van der Waals surface area contributed by atoms with E-state index < -0.39 is 0 Å². The number of anilines is 2. The first kappa shape index (κ1) is 31.8. The van der Waals surface area contributed by atoms with Crippen LogP contribution in [0, 0.1) is 5.41 Å². The molecule has 1 saturated heterocycles. The number of fused-ring (bicyclic) bond motifs is 1. The van der Waals surface area contributed by atoms with Gasteiger partial charge in [0.25, 0.3) is 5.56 Å². The number of hydrogen-bond donors (Lipinski definition) is 3. The van der Waals surface area contributed by atoms with Gasteiger partial charge in [-0.15, -0.1) is 0 Å². The summed E-state index contributed by atoms with van der Waals surface area (Å²) in [5.74, 6) is 0.752. The van der Waals surface area contributed by atoms with Gasteiger partial charge in [0.1, 0.15) is 5.75 Å². The molecule has 3 aromatic rings. The minimum absolute atomic E-state index is 0.00349. The predicted molar refractivity (Wildman–Crippen MR) is 173 cm³/mol. The number of allylic oxidation sites excluding steroid dienone is 2. The molecule has 4 rings (SSSR count). The van der Waals surface area contributed by atoms with Crippen LogP contribution in [0.4, 0.5) is 11.4 Å². The summed E-state index contributed by atoms with van der Waals surface area (Å²) in [7, 11) is 0. The smallest absolute Gasteiger partial charge is 0.277 e. The largest absolute Gasteiger partial charge is 0.494 e. The average Bonchev–Trinajstić information content (AvgIpc) is 2.94. The van der Waals surface area contributed by atoms with Crippen LogP contribution in [0.15, 0.2) is 78.0 Å². The standard InChI is InChI=1S/C34H45N5O4/c1-24-15-16-30(25(2)37-24)39-33(41)32-26(23-36-39)11-9-14-29(32)35-17-20-42-18-7-6-8-19-43-28-13-10-12-27(21-28)38-31(40)22-34(3,4)5/h9-14,21,23,30,35,37H,1-2,6-8,15-20,22H2,3-5H3,(H,38,40). The zero-order valence-corrected chi connectivity index (χ0v) is 25.7. The minimum Gasteiger partial charge on any atom is -0.494 e. The zero-order chi connectivity index (χ0) is 30.8. The van der Waals surface area contributed by atoms with Crippen LogP contribution < -0.4 is 26.2 Å². The molecule has 0 saturated carbocycles. The molecule has 3 N–H and O–H groups in total. The van der Waals surface area contributed by atoms with E-state index in [4.69, 9.17) is 9.47 Å². The number of carbonyl (C=O) groups is 1. The fourth-order valence-corrected chi connectivity index (χ4v) is 5.09. The maximum absolute atomic E-state index is 13.4. The van der Waals surface area contributed by atoms with Crippen molar-refractivity contribution in [3.63, 3.8) is 0 Å². The Hall–Kier alpha value is -4.11. The van der Waals surface area contributed by atoms with Gasteiger partial charge >= 0.3 is 0 Å². The lowest BCUT2D eigenvalue weighted by molar-refractivity contribution is -0.117. The topological polar surface area (TPSA) is 107 Å². The van der Waals surface area contributed by atoms with E-state index in [1.807, 2.05) is 63.2 Å². The molecule has 0 aliphatic carbocycles. The SMILES string of the molecule is C=C1CCC(n2ncc3cccc(NCCOCCCCCOc4cccc(NC(=O)CC(C)(C)C)c4)c3c2=O)C(=C)N1. The summed E-state index contributed by atoms with van der Waals surface area (Å²) in [5, 5.41) is 15.3. The summed E-state index contributed by atoms with van der Waals surface area (Å²) >= 11 is 0. The van der Waals surface area contributed by atoms with Crippen molar-refractivity contribution in [1.29, 1.82) is 0 Å². The number of ether oxygens (including phenoxy) is 2. The van der Waals surface area contributed by atoms with E-state index in [1.54, 1.807) is 6.20 Å². The third kappa shape index (κ3) is 9.44. The van der Waals surface area contributed by atoms with E-state index in [-0.39, 0.29) is 22.9 Å². The molecule has 0 radical (unpaired) electrons. The van der Waals surface area contributed by atoms with Gasteiger partial charge in [-0.25, -0.2) is 4.68 Å². The number of rotatable bonds is 14. The van der Waals surface area contributed by atoms with Gasteiger partial charge in [0.2, 0.25) is 5.91 Å². The Labute approximate surface area is 254 Å². The van der Waals surface area contributed by atoms with Crippen LogP contribution in [-0.2, 0) is 9.53 Å². The van der Waals surface area contributed by atoms with Gasteiger partial charge in [0.15, 0.2) is 0 Å². The molecule has 1 fully saturated rings. The number of nitrogens with one attached hydrogen (secondary N) is 3. The first-order valence-corrected chi connectivity index (χ1v) is 15.1. The molecule has 0 spiro atoms. The average molecular weight is 588 g/mol. The Balaban J connectivity index is 1.15. The molecule has 0 bridgehead atoms. The van der Waals surface area contributed by atoms with Gasteiger partial charge in [0, 0.05) is 53.8 Å². The molecule has 230 valence electrons. The summed E-state index contributed by atoms with van der Waals surface area (Å²) in [6, 6.07) is 13.0. The number of benzene rings is 2. The van der Waals surface area contributed by atoms with Crippen LogP contribution in [0.5, 0.6) is 5.75 Å². The fourth-order valence-electron chi connectivity index (χ4n) is 5.09. The number of hydrogen-bond acceptors (Lipinski definition) is 7. The Morgan fingerprint density at radius 2 is 1.88 bits per heavy atom. The van der Waals surface area contributed by atoms with Crippen molar-refractivity contribution in [2.24, 2.45) is 5.41 Å². The van der Waals surface area contributed by atoms with Gasteiger partial charge in [-0.2, -0.15) is 5.10 Å². The second-order valence-electron chi connectivity index (χ2n) is 12.2. The molecule has 43 heavy (non-hydrogen) atoms. The second-order valence-corrected chi connectivity index (χ2v) is 12.2. The van der Waals surface area contributed by atoms with Crippen LogP contribution in [0.2, 0.25) is 0 Å². The Morgan fingerprint density at radius 1 is 1.09 bits per heavy atom. The first-order chi connectivity index (χ1) is 20.6. The normalized spacial score (nSPS) is 15.3. The van der Waals surface area contributed by atoms with Crippen molar-refractivity contribution in [3.8, 4) is 5.75 Å². The number of amides is 1. The van der Waals surface area contributed by atoms with E-state index in [1.165, 1.54) is 4.68 Å². The van der Waals surface area contributed by atoms with Crippen molar-refractivity contribution in [2.45, 2.75) is 65.3 Å². The number of unbranched alkanes of at least 4 members (excludes halogenated alkanes) is 2. The van der Waals surface area contributed by atoms with Gasteiger partial charge in [-0.1, -0.05) is 52.1 Å². The molecule has 1 amide bonds. The van der Waals surface area contributed by atoms with Crippen molar-refractivity contribution in [2.75, 3.05) is 37.0 Å². The molecule has 1 atom stereocenters.